The van der Waals surface area contributed by atoms with E-state index in [1.54, 1.807) is 11.3 Å². The summed E-state index contributed by atoms with van der Waals surface area (Å²) in [6.45, 7) is 3.88. The maximum absolute atomic E-state index is 11.7. The quantitative estimate of drug-likeness (QED) is 0.874. The summed E-state index contributed by atoms with van der Waals surface area (Å²) in [5.41, 5.74) is 1.27. The van der Waals surface area contributed by atoms with Crippen molar-refractivity contribution in [1.82, 2.24) is 10.6 Å². The second-order valence-electron chi connectivity index (χ2n) is 4.64. The monoisotopic (exact) mass is 288 g/mol. The molecule has 0 radical (unpaired) electrons. The molecule has 1 aliphatic rings. The number of aryl methyl sites for hydroxylation is 1. The molecule has 102 valence electrons. The van der Waals surface area contributed by atoms with Gasteiger partial charge in [-0.25, -0.2) is 0 Å². The van der Waals surface area contributed by atoms with Gasteiger partial charge in [0.1, 0.15) is 0 Å². The first-order valence-corrected chi connectivity index (χ1v) is 7.16. The van der Waals surface area contributed by atoms with Crippen LogP contribution in [0.1, 0.15) is 36.1 Å². The van der Waals surface area contributed by atoms with Crippen LogP contribution in [0.3, 0.4) is 0 Å². The summed E-state index contributed by atoms with van der Waals surface area (Å²) in [6, 6.07) is 2.65. The maximum atomic E-state index is 11.7. The first-order chi connectivity index (χ1) is 8.25. The first kappa shape index (κ1) is 15.5. The van der Waals surface area contributed by atoms with E-state index in [-0.39, 0.29) is 18.3 Å². The summed E-state index contributed by atoms with van der Waals surface area (Å²) in [5, 5.41) is 8.48. The third-order valence-corrected chi connectivity index (χ3v) is 4.32. The minimum Gasteiger partial charge on any atom is -0.351 e. The smallest absolute Gasteiger partial charge is 0.220 e. The molecule has 2 N–H and O–H groups in total. The summed E-state index contributed by atoms with van der Waals surface area (Å²) in [6.07, 6.45) is 4.08. The lowest BCUT2D eigenvalue weighted by atomic mass is 10.1. The molecular formula is C13H21ClN2OS. The van der Waals surface area contributed by atoms with Gasteiger partial charge in [0, 0.05) is 17.3 Å². The van der Waals surface area contributed by atoms with Crippen LogP contribution < -0.4 is 10.6 Å². The molecule has 1 aliphatic heterocycles. The van der Waals surface area contributed by atoms with E-state index in [2.05, 4.69) is 29.0 Å². The molecule has 1 aromatic rings. The second-order valence-corrected chi connectivity index (χ2v) is 5.64. The Bertz CT molecular complexity index is 375. The van der Waals surface area contributed by atoms with Crippen LogP contribution in [0.15, 0.2) is 11.4 Å². The van der Waals surface area contributed by atoms with Crippen LogP contribution in [-0.4, -0.2) is 18.5 Å². The van der Waals surface area contributed by atoms with Crippen LogP contribution in [0.4, 0.5) is 0 Å². The highest BCUT2D eigenvalue weighted by molar-refractivity contribution is 7.10. The van der Waals surface area contributed by atoms with E-state index in [0.717, 1.165) is 13.0 Å². The maximum Gasteiger partial charge on any atom is 0.220 e. The summed E-state index contributed by atoms with van der Waals surface area (Å²) < 4.78 is 0. The van der Waals surface area contributed by atoms with Crippen molar-refractivity contribution < 1.29 is 4.79 Å². The molecule has 18 heavy (non-hydrogen) atoms. The van der Waals surface area contributed by atoms with Crippen molar-refractivity contribution in [2.24, 2.45) is 0 Å². The Morgan fingerprint density at radius 2 is 2.44 bits per heavy atom. The van der Waals surface area contributed by atoms with Gasteiger partial charge in [-0.2, -0.15) is 0 Å². The summed E-state index contributed by atoms with van der Waals surface area (Å²) in [7, 11) is 0. The van der Waals surface area contributed by atoms with Gasteiger partial charge in [0.25, 0.3) is 0 Å². The van der Waals surface area contributed by atoms with Gasteiger partial charge in [0.2, 0.25) is 5.91 Å². The average molecular weight is 289 g/mol. The van der Waals surface area contributed by atoms with Crippen LogP contribution in [0.5, 0.6) is 0 Å². The van der Waals surface area contributed by atoms with Crippen molar-refractivity contribution in [3.8, 4) is 0 Å². The Hall–Kier alpha value is -0.580. The van der Waals surface area contributed by atoms with Crippen molar-refractivity contribution >= 4 is 29.7 Å². The molecule has 1 unspecified atom stereocenters. The van der Waals surface area contributed by atoms with Gasteiger partial charge in [0.05, 0.1) is 6.54 Å². The molecule has 0 saturated carbocycles. The van der Waals surface area contributed by atoms with E-state index in [0.29, 0.717) is 19.0 Å². The van der Waals surface area contributed by atoms with Crippen molar-refractivity contribution in [3.63, 3.8) is 0 Å². The van der Waals surface area contributed by atoms with Crippen molar-refractivity contribution in [3.05, 3.63) is 21.9 Å². The first-order valence-electron chi connectivity index (χ1n) is 6.29. The normalized spacial score (nSPS) is 18.4. The number of thiophene rings is 1. The molecular weight excluding hydrogens is 268 g/mol. The highest BCUT2D eigenvalue weighted by Gasteiger charge is 2.15. The summed E-state index contributed by atoms with van der Waals surface area (Å²) in [4.78, 5) is 12.9. The second kappa shape index (κ2) is 7.77. The lowest BCUT2D eigenvalue weighted by Gasteiger charge is -2.09. The fourth-order valence-corrected chi connectivity index (χ4v) is 3.01. The zero-order chi connectivity index (χ0) is 12.1. The Balaban J connectivity index is 0.00000162. The van der Waals surface area contributed by atoms with Gasteiger partial charge < -0.3 is 10.6 Å². The Labute approximate surface area is 119 Å². The number of carbonyl (C=O) groups is 1. The number of hydrogen-bond acceptors (Lipinski definition) is 3. The molecule has 1 saturated heterocycles. The molecule has 0 aliphatic carbocycles. The van der Waals surface area contributed by atoms with Crippen LogP contribution in [0, 0.1) is 6.92 Å². The van der Waals surface area contributed by atoms with Gasteiger partial charge in [-0.05, 0) is 49.7 Å². The number of carbonyl (C=O) groups excluding carboxylic acids is 1. The summed E-state index contributed by atoms with van der Waals surface area (Å²) >= 11 is 1.71. The van der Waals surface area contributed by atoms with Crippen molar-refractivity contribution in [2.45, 2.75) is 45.2 Å². The molecule has 0 spiro atoms. The Morgan fingerprint density at radius 3 is 3.06 bits per heavy atom. The molecule has 1 fully saturated rings. The zero-order valence-electron chi connectivity index (χ0n) is 10.7. The van der Waals surface area contributed by atoms with Gasteiger partial charge in [0.15, 0.2) is 0 Å². The molecule has 0 aromatic carbocycles. The average Bonchev–Trinajstić information content (AvgIpc) is 2.95. The number of hydrogen-bond donors (Lipinski definition) is 2. The third-order valence-electron chi connectivity index (χ3n) is 3.30. The number of nitrogens with one attached hydrogen (secondary N) is 2. The highest BCUT2D eigenvalue weighted by Crippen LogP contribution is 2.15. The fraction of sp³-hybridized carbons (Fsp3) is 0.615. The lowest BCUT2D eigenvalue weighted by molar-refractivity contribution is -0.121. The van der Waals surface area contributed by atoms with E-state index in [4.69, 9.17) is 0 Å². The van der Waals surface area contributed by atoms with Crippen LogP contribution in [0.2, 0.25) is 0 Å². The minimum atomic E-state index is 0. The van der Waals surface area contributed by atoms with Crippen LogP contribution in [0.25, 0.3) is 0 Å². The number of rotatable bonds is 5. The molecule has 0 bridgehead atoms. The third kappa shape index (κ3) is 4.59. The molecule has 1 aromatic heterocycles. The number of amides is 1. The van der Waals surface area contributed by atoms with Crippen LogP contribution >= 0.6 is 23.7 Å². The largest absolute Gasteiger partial charge is 0.351 e. The molecule has 2 rings (SSSR count). The van der Waals surface area contributed by atoms with Gasteiger partial charge >= 0.3 is 0 Å². The van der Waals surface area contributed by atoms with E-state index in [9.17, 15) is 4.79 Å². The van der Waals surface area contributed by atoms with E-state index in [1.807, 2.05) is 0 Å². The fourth-order valence-electron chi connectivity index (χ4n) is 2.16. The van der Waals surface area contributed by atoms with E-state index >= 15 is 0 Å². The lowest BCUT2D eigenvalue weighted by Crippen LogP contribution is -2.27. The molecule has 1 amide bonds. The summed E-state index contributed by atoms with van der Waals surface area (Å²) in [5.74, 6) is 0.173. The molecule has 5 heteroatoms. The van der Waals surface area contributed by atoms with E-state index < -0.39 is 0 Å². The number of halogens is 1. The Kier molecular flexibility index (Phi) is 6.68. The van der Waals surface area contributed by atoms with Gasteiger partial charge in [-0.15, -0.1) is 23.7 Å². The predicted octanol–water partition coefficient (Wildman–Crippen LogP) is 2.63. The SMILES string of the molecule is Cc1ccsc1CNC(=O)CCC1CCCN1.Cl. The standard InChI is InChI=1S/C13H20N2OS.ClH/c1-10-6-8-17-12(10)9-15-13(16)5-4-11-3-2-7-14-11;/h6,8,11,14H,2-5,7,9H2,1H3,(H,15,16);1H. The Morgan fingerprint density at radius 1 is 1.61 bits per heavy atom. The molecule has 3 nitrogen and oxygen atoms in total. The molecule has 1 atom stereocenters. The van der Waals surface area contributed by atoms with Crippen LogP contribution in [-0.2, 0) is 11.3 Å². The van der Waals surface area contributed by atoms with Crippen molar-refractivity contribution in [2.75, 3.05) is 6.54 Å². The highest BCUT2D eigenvalue weighted by atomic mass is 35.5. The van der Waals surface area contributed by atoms with E-state index in [1.165, 1.54) is 23.3 Å². The predicted molar refractivity (Wildman–Crippen MR) is 78.4 cm³/mol. The molecule has 2 heterocycles. The van der Waals surface area contributed by atoms with Gasteiger partial charge in [-0.3, -0.25) is 4.79 Å². The minimum absolute atomic E-state index is 0. The van der Waals surface area contributed by atoms with Gasteiger partial charge in [-0.1, -0.05) is 0 Å². The zero-order valence-corrected chi connectivity index (χ0v) is 12.3. The van der Waals surface area contributed by atoms with Crippen molar-refractivity contribution in [1.29, 1.82) is 0 Å². The topological polar surface area (TPSA) is 41.1 Å².